The number of nitrogens with one attached hydrogen (secondary N) is 1. The van der Waals surface area contributed by atoms with Gasteiger partial charge >= 0.3 is 0 Å². The third-order valence-electron chi connectivity index (χ3n) is 4.45. The Morgan fingerprint density at radius 2 is 1.75 bits per heavy atom. The molecule has 1 aromatic heterocycles. The first-order chi connectivity index (χ1) is 11.7. The molecule has 1 atom stereocenters. The number of rotatable bonds is 4. The zero-order valence-electron chi connectivity index (χ0n) is 14.1. The summed E-state index contributed by atoms with van der Waals surface area (Å²) in [5.41, 5.74) is 1.43. The van der Waals surface area contributed by atoms with Crippen LogP contribution in [0.15, 0.2) is 42.7 Å². The van der Waals surface area contributed by atoms with Gasteiger partial charge in [-0.2, -0.15) is 0 Å². The number of carbonyl (C=O) groups excluding carboxylic acids is 1. The van der Waals surface area contributed by atoms with Crippen molar-refractivity contribution in [2.45, 2.75) is 38.6 Å². The number of hydrogen-bond acceptors (Lipinski definition) is 4. The van der Waals surface area contributed by atoms with E-state index in [4.69, 9.17) is 0 Å². The van der Waals surface area contributed by atoms with Crippen molar-refractivity contribution in [2.75, 3.05) is 18.0 Å². The third kappa shape index (κ3) is 4.10. The summed E-state index contributed by atoms with van der Waals surface area (Å²) in [7, 11) is 0. The fraction of sp³-hybridized carbons (Fsp3) is 0.421. The zero-order chi connectivity index (χ0) is 16.8. The first-order valence-electron chi connectivity index (χ1n) is 8.67. The van der Waals surface area contributed by atoms with Crippen LogP contribution in [0.5, 0.6) is 0 Å². The molecule has 0 saturated carbocycles. The van der Waals surface area contributed by atoms with Gasteiger partial charge in [-0.1, -0.05) is 43.2 Å². The maximum Gasteiger partial charge on any atom is 0.271 e. The average Bonchev–Trinajstić information content (AvgIpc) is 2.92. The van der Waals surface area contributed by atoms with Gasteiger partial charge in [0, 0.05) is 13.1 Å². The topological polar surface area (TPSA) is 58.1 Å². The van der Waals surface area contributed by atoms with Crippen molar-refractivity contribution in [3.63, 3.8) is 0 Å². The van der Waals surface area contributed by atoms with Crippen molar-refractivity contribution in [2.24, 2.45) is 0 Å². The van der Waals surface area contributed by atoms with Crippen LogP contribution in [0.4, 0.5) is 5.82 Å². The molecule has 0 radical (unpaired) electrons. The Morgan fingerprint density at radius 3 is 2.38 bits per heavy atom. The molecule has 3 rings (SSSR count). The lowest BCUT2D eigenvalue weighted by atomic mass is 10.1. The molecule has 0 bridgehead atoms. The minimum absolute atomic E-state index is 0.0641. The number of benzene rings is 1. The molecule has 24 heavy (non-hydrogen) atoms. The number of aromatic nitrogens is 2. The van der Waals surface area contributed by atoms with Gasteiger partial charge in [0.25, 0.3) is 5.91 Å². The summed E-state index contributed by atoms with van der Waals surface area (Å²) in [4.78, 5) is 23.4. The van der Waals surface area contributed by atoms with E-state index in [-0.39, 0.29) is 11.9 Å². The smallest absolute Gasteiger partial charge is 0.271 e. The minimum Gasteiger partial charge on any atom is -0.355 e. The molecular weight excluding hydrogens is 300 g/mol. The lowest BCUT2D eigenvalue weighted by molar-refractivity contribution is 0.0934. The number of carbonyl (C=O) groups is 1. The molecule has 5 heteroatoms. The fourth-order valence-corrected chi connectivity index (χ4v) is 3.00. The van der Waals surface area contributed by atoms with Crippen molar-refractivity contribution in [1.82, 2.24) is 15.3 Å². The Balaban J connectivity index is 1.63. The molecule has 1 aliphatic heterocycles. The second kappa shape index (κ2) is 7.90. The van der Waals surface area contributed by atoms with Crippen LogP contribution in [0.2, 0.25) is 0 Å². The molecule has 1 amide bonds. The molecule has 126 valence electrons. The molecule has 2 aromatic rings. The van der Waals surface area contributed by atoms with E-state index >= 15 is 0 Å². The van der Waals surface area contributed by atoms with E-state index in [9.17, 15) is 4.79 Å². The molecule has 0 aliphatic carbocycles. The Hall–Kier alpha value is -2.43. The van der Waals surface area contributed by atoms with Gasteiger partial charge in [-0.3, -0.25) is 4.79 Å². The van der Waals surface area contributed by atoms with E-state index in [1.807, 2.05) is 37.3 Å². The lowest BCUT2D eigenvalue weighted by Gasteiger charge is -2.21. The number of nitrogens with zero attached hydrogens (tertiary/aromatic N) is 3. The van der Waals surface area contributed by atoms with Crippen LogP contribution in [0.1, 0.15) is 54.7 Å². The second-order valence-corrected chi connectivity index (χ2v) is 6.27. The first kappa shape index (κ1) is 16.4. The van der Waals surface area contributed by atoms with Crippen molar-refractivity contribution < 1.29 is 4.79 Å². The second-order valence-electron chi connectivity index (χ2n) is 6.27. The third-order valence-corrected chi connectivity index (χ3v) is 4.45. The number of anilines is 1. The average molecular weight is 324 g/mol. The minimum atomic E-state index is -0.193. The van der Waals surface area contributed by atoms with E-state index < -0.39 is 0 Å². The Labute approximate surface area is 143 Å². The van der Waals surface area contributed by atoms with E-state index in [1.54, 1.807) is 12.4 Å². The predicted octanol–water partition coefficient (Wildman–Crippen LogP) is 3.35. The van der Waals surface area contributed by atoms with Crippen LogP contribution in [0, 0.1) is 0 Å². The molecule has 1 N–H and O–H groups in total. The molecule has 1 aromatic carbocycles. The molecule has 1 unspecified atom stereocenters. The van der Waals surface area contributed by atoms with Crippen molar-refractivity contribution in [3.8, 4) is 0 Å². The largest absolute Gasteiger partial charge is 0.355 e. The van der Waals surface area contributed by atoms with Gasteiger partial charge in [0.2, 0.25) is 0 Å². The summed E-state index contributed by atoms with van der Waals surface area (Å²) in [6.07, 6.45) is 8.24. The quantitative estimate of drug-likeness (QED) is 0.937. The van der Waals surface area contributed by atoms with Crippen molar-refractivity contribution in [1.29, 1.82) is 0 Å². The predicted molar refractivity (Wildman–Crippen MR) is 95.0 cm³/mol. The highest BCUT2D eigenvalue weighted by Gasteiger charge is 2.15. The summed E-state index contributed by atoms with van der Waals surface area (Å²) in [6, 6.07) is 9.83. The molecule has 2 heterocycles. The SMILES string of the molecule is CC(NC(=O)c1cnc(N2CCCCCC2)cn1)c1ccccc1. The van der Waals surface area contributed by atoms with Gasteiger partial charge in [-0.25, -0.2) is 9.97 Å². The molecule has 1 aliphatic rings. The number of amides is 1. The Bertz CT molecular complexity index is 649. The van der Waals surface area contributed by atoms with E-state index in [0.717, 1.165) is 24.5 Å². The summed E-state index contributed by atoms with van der Waals surface area (Å²) in [5.74, 6) is 0.672. The standard InChI is InChI=1S/C19H24N4O/c1-15(16-9-5-4-6-10-16)22-19(24)17-13-21-18(14-20-17)23-11-7-2-3-8-12-23/h4-6,9-10,13-15H,2-3,7-8,11-12H2,1H3,(H,22,24). The Morgan fingerprint density at radius 1 is 1.04 bits per heavy atom. The lowest BCUT2D eigenvalue weighted by Crippen LogP contribution is -2.28. The number of hydrogen-bond donors (Lipinski definition) is 1. The highest BCUT2D eigenvalue weighted by atomic mass is 16.1. The summed E-state index contributed by atoms with van der Waals surface area (Å²) in [6.45, 7) is 4.00. The molecule has 1 fully saturated rings. The molecular formula is C19H24N4O. The van der Waals surface area contributed by atoms with Crippen LogP contribution < -0.4 is 10.2 Å². The van der Waals surface area contributed by atoms with E-state index in [2.05, 4.69) is 20.2 Å². The van der Waals surface area contributed by atoms with Gasteiger partial charge in [-0.05, 0) is 25.3 Å². The normalized spacial score (nSPS) is 16.3. The summed E-state index contributed by atoms with van der Waals surface area (Å²) in [5, 5.41) is 2.97. The summed E-state index contributed by atoms with van der Waals surface area (Å²) < 4.78 is 0. The first-order valence-corrected chi connectivity index (χ1v) is 8.67. The maximum absolute atomic E-state index is 12.3. The van der Waals surface area contributed by atoms with Crippen LogP contribution in [-0.4, -0.2) is 29.0 Å². The highest BCUT2D eigenvalue weighted by Crippen LogP contribution is 2.17. The van der Waals surface area contributed by atoms with E-state index in [1.165, 1.54) is 25.7 Å². The highest BCUT2D eigenvalue weighted by molar-refractivity contribution is 5.92. The van der Waals surface area contributed by atoms with Gasteiger partial charge in [0.05, 0.1) is 18.4 Å². The van der Waals surface area contributed by atoms with E-state index in [0.29, 0.717) is 5.69 Å². The van der Waals surface area contributed by atoms with Crippen LogP contribution in [-0.2, 0) is 0 Å². The molecule has 5 nitrogen and oxygen atoms in total. The molecule has 0 spiro atoms. The van der Waals surface area contributed by atoms with Crippen LogP contribution >= 0.6 is 0 Å². The maximum atomic E-state index is 12.3. The van der Waals surface area contributed by atoms with Gasteiger partial charge in [0.15, 0.2) is 0 Å². The van der Waals surface area contributed by atoms with Gasteiger partial charge in [-0.15, -0.1) is 0 Å². The fourth-order valence-electron chi connectivity index (χ4n) is 3.00. The zero-order valence-corrected chi connectivity index (χ0v) is 14.1. The van der Waals surface area contributed by atoms with Crippen molar-refractivity contribution in [3.05, 3.63) is 54.0 Å². The van der Waals surface area contributed by atoms with Crippen LogP contribution in [0.25, 0.3) is 0 Å². The van der Waals surface area contributed by atoms with Gasteiger partial charge in [0.1, 0.15) is 11.5 Å². The van der Waals surface area contributed by atoms with Crippen LogP contribution in [0.3, 0.4) is 0 Å². The summed E-state index contributed by atoms with van der Waals surface area (Å²) >= 11 is 0. The molecule has 1 saturated heterocycles. The Kier molecular flexibility index (Phi) is 5.41. The van der Waals surface area contributed by atoms with Crippen molar-refractivity contribution >= 4 is 11.7 Å². The van der Waals surface area contributed by atoms with Gasteiger partial charge < -0.3 is 10.2 Å². The monoisotopic (exact) mass is 324 g/mol.